The maximum Gasteiger partial charge on any atom is 0.146 e. The topological polar surface area (TPSA) is 76.7 Å². The van der Waals surface area contributed by atoms with Crippen LogP contribution in [-0.2, 0) is 6.42 Å². The van der Waals surface area contributed by atoms with E-state index in [0.717, 1.165) is 10.2 Å². The second kappa shape index (κ2) is 5.81. The van der Waals surface area contributed by atoms with Crippen LogP contribution in [0, 0.1) is 0 Å². The zero-order valence-corrected chi connectivity index (χ0v) is 10.6. The summed E-state index contributed by atoms with van der Waals surface area (Å²) >= 11 is 3.35. The van der Waals surface area contributed by atoms with Crippen molar-refractivity contribution in [1.29, 1.82) is 0 Å². The molecule has 0 bridgehead atoms. The number of hydrogen-bond donors (Lipinski definition) is 2. The van der Waals surface area contributed by atoms with Gasteiger partial charge >= 0.3 is 0 Å². The van der Waals surface area contributed by atoms with Crippen LogP contribution in [0.4, 0.5) is 0 Å². The Morgan fingerprint density at radius 1 is 1.24 bits per heavy atom. The van der Waals surface area contributed by atoms with Crippen molar-refractivity contribution >= 4 is 15.9 Å². The molecule has 0 aromatic carbocycles. The number of hydrogen-bond acceptors (Lipinski definition) is 5. The largest absolute Gasteiger partial charge is 0.271 e. The molecule has 1 unspecified atom stereocenters. The molecule has 6 heteroatoms. The quantitative estimate of drug-likeness (QED) is 0.658. The van der Waals surface area contributed by atoms with E-state index in [-0.39, 0.29) is 6.04 Å². The third-order valence-electron chi connectivity index (χ3n) is 2.30. The predicted octanol–water partition coefficient (Wildman–Crippen LogP) is 1.38. The van der Waals surface area contributed by atoms with Gasteiger partial charge in [0.15, 0.2) is 0 Å². The first-order valence-electron chi connectivity index (χ1n) is 5.13. The fourth-order valence-corrected chi connectivity index (χ4v) is 1.69. The monoisotopic (exact) mass is 293 g/mol. The number of hydrazine groups is 1. The standard InChI is InChI=1S/C11H12BrN5/c12-8-2-3-9(16-7-8)6-10(17-13)11-14-4-1-5-15-11/h1-5,7,10,17H,6,13H2. The summed E-state index contributed by atoms with van der Waals surface area (Å²) in [5.74, 6) is 6.18. The minimum Gasteiger partial charge on any atom is -0.271 e. The smallest absolute Gasteiger partial charge is 0.146 e. The highest BCUT2D eigenvalue weighted by Crippen LogP contribution is 2.14. The van der Waals surface area contributed by atoms with Crippen LogP contribution in [0.5, 0.6) is 0 Å². The summed E-state index contributed by atoms with van der Waals surface area (Å²) in [7, 11) is 0. The van der Waals surface area contributed by atoms with Crippen LogP contribution in [0.1, 0.15) is 17.6 Å². The highest BCUT2D eigenvalue weighted by atomic mass is 79.9. The van der Waals surface area contributed by atoms with Gasteiger partial charge in [-0.2, -0.15) is 0 Å². The van der Waals surface area contributed by atoms with E-state index in [9.17, 15) is 0 Å². The summed E-state index contributed by atoms with van der Waals surface area (Å²) in [5, 5.41) is 0. The summed E-state index contributed by atoms with van der Waals surface area (Å²) in [6.45, 7) is 0. The molecular weight excluding hydrogens is 282 g/mol. The summed E-state index contributed by atoms with van der Waals surface area (Å²) < 4.78 is 0.953. The van der Waals surface area contributed by atoms with E-state index in [0.29, 0.717) is 12.2 Å². The molecule has 0 fully saturated rings. The molecule has 0 aliphatic heterocycles. The van der Waals surface area contributed by atoms with E-state index < -0.39 is 0 Å². The van der Waals surface area contributed by atoms with Crippen LogP contribution in [0.2, 0.25) is 0 Å². The van der Waals surface area contributed by atoms with Gasteiger partial charge in [0.2, 0.25) is 0 Å². The Morgan fingerprint density at radius 2 is 2.00 bits per heavy atom. The SMILES string of the molecule is NNC(Cc1ccc(Br)cn1)c1ncccn1. The van der Waals surface area contributed by atoms with Crippen LogP contribution in [0.25, 0.3) is 0 Å². The lowest BCUT2D eigenvalue weighted by Crippen LogP contribution is -2.31. The van der Waals surface area contributed by atoms with Crippen molar-refractivity contribution in [2.75, 3.05) is 0 Å². The molecule has 2 aromatic rings. The number of pyridine rings is 1. The van der Waals surface area contributed by atoms with Crippen LogP contribution < -0.4 is 11.3 Å². The highest BCUT2D eigenvalue weighted by Gasteiger charge is 2.13. The van der Waals surface area contributed by atoms with Gasteiger partial charge in [-0.05, 0) is 34.1 Å². The lowest BCUT2D eigenvalue weighted by molar-refractivity contribution is 0.517. The number of nitrogens with one attached hydrogen (secondary N) is 1. The maximum atomic E-state index is 5.52. The normalized spacial score (nSPS) is 12.4. The molecule has 2 aromatic heterocycles. The Hall–Kier alpha value is -1.37. The molecule has 2 rings (SSSR count). The van der Waals surface area contributed by atoms with Gasteiger partial charge in [-0.15, -0.1) is 0 Å². The Kier molecular flexibility index (Phi) is 4.13. The first kappa shape index (κ1) is 12.1. The van der Waals surface area contributed by atoms with E-state index in [4.69, 9.17) is 5.84 Å². The van der Waals surface area contributed by atoms with Gasteiger partial charge in [-0.1, -0.05) is 0 Å². The molecule has 0 amide bonds. The number of nitrogens with zero attached hydrogens (tertiary/aromatic N) is 3. The van der Waals surface area contributed by atoms with Crippen molar-refractivity contribution in [3.8, 4) is 0 Å². The molecule has 0 aliphatic rings. The summed E-state index contributed by atoms with van der Waals surface area (Å²) in [6.07, 6.45) is 5.80. The second-order valence-electron chi connectivity index (χ2n) is 3.50. The van der Waals surface area contributed by atoms with Gasteiger partial charge in [0.1, 0.15) is 5.82 Å². The van der Waals surface area contributed by atoms with Crippen LogP contribution in [0.15, 0.2) is 41.3 Å². The van der Waals surface area contributed by atoms with Crippen LogP contribution in [-0.4, -0.2) is 15.0 Å². The molecule has 0 spiro atoms. The van der Waals surface area contributed by atoms with Crippen molar-refractivity contribution in [3.63, 3.8) is 0 Å². The van der Waals surface area contributed by atoms with E-state index in [1.807, 2.05) is 12.1 Å². The number of nitrogens with two attached hydrogens (primary N) is 1. The number of rotatable bonds is 4. The van der Waals surface area contributed by atoms with Crippen LogP contribution >= 0.6 is 15.9 Å². The van der Waals surface area contributed by atoms with Gasteiger partial charge in [0.05, 0.1) is 6.04 Å². The molecule has 17 heavy (non-hydrogen) atoms. The van der Waals surface area contributed by atoms with Crippen molar-refractivity contribution in [2.24, 2.45) is 5.84 Å². The molecule has 88 valence electrons. The first-order chi connectivity index (χ1) is 8.29. The Balaban J connectivity index is 2.13. The molecule has 2 heterocycles. The molecular formula is C11H12BrN5. The van der Waals surface area contributed by atoms with E-state index >= 15 is 0 Å². The summed E-state index contributed by atoms with van der Waals surface area (Å²) in [4.78, 5) is 12.6. The van der Waals surface area contributed by atoms with E-state index in [1.165, 1.54) is 0 Å². The van der Waals surface area contributed by atoms with Crippen molar-refractivity contribution in [3.05, 3.63) is 52.8 Å². The third kappa shape index (κ3) is 3.29. The fraction of sp³-hybridized carbons (Fsp3) is 0.182. The maximum absolute atomic E-state index is 5.52. The van der Waals surface area contributed by atoms with Gasteiger partial charge in [-0.25, -0.2) is 15.4 Å². The third-order valence-corrected chi connectivity index (χ3v) is 2.77. The van der Waals surface area contributed by atoms with Crippen molar-refractivity contribution in [1.82, 2.24) is 20.4 Å². The Bertz CT molecular complexity index is 459. The number of aromatic nitrogens is 3. The molecule has 0 saturated carbocycles. The van der Waals surface area contributed by atoms with Gasteiger partial charge in [-0.3, -0.25) is 10.8 Å². The minimum atomic E-state index is -0.134. The van der Waals surface area contributed by atoms with Gasteiger partial charge < -0.3 is 0 Å². The molecule has 0 saturated heterocycles. The summed E-state index contributed by atoms with van der Waals surface area (Å²) in [6, 6.07) is 5.53. The molecule has 1 atom stereocenters. The molecule has 5 nitrogen and oxygen atoms in total. The number of halogens is 1. The van der Waals surface area contributed by atoms with E-state index in [2.05, 4.69) is 36.3 Å². The summed E-state index contributed by atoms with van der Waals surface area (Å²) in [5.41, 5.74) is 3.64. The van der Waals surface area contributed by atoms with Crippen molar-refractivity contribution < 1.29 is 0 Å². The molecule has 3 N–H and O–H groups in total. The Labute approximate surface area is 108 Å². The first-order valence-corrected chi connectivity index (χ1v) is 5.92. The predicted molar refractivity (Wildman–Crippen MR) is 67.7 cm³/mol. The minimum absolute atomic E-state index is 0.134. The lowest BCUT2D eigenvalue weighted by atomic mass is 10.1. The second-order valence-corrected chi connectivity index (χ2v) is 4.41. The average Bonchev–Trinajstić information content (AvgIpc) is 2.39. The van der Waals surface area contributed by atoms with Gasteiger partial charge in [0, 0.05) is 35.2 Å². The zero-order chi connectivity index (χ0) is 12.1. The zero-order valence-electron chi connectivity index (χ0n) is 9.05. The highest BCUT2D eigenvalue weighted by molar-refractivity contribution is 9.10. The average molecular weight is 294 g/mol. The van der Waals surface area contributed by atoms with Crippen LogP contribution in [0.3, 0.4) is 0 Å². The fourth-order valence-electron chi connectivity index (χ4n) is 1.45. The van der Waals surface area contributed by atoms with Crippen molar-refractivity contribution in [2.45, 2.75) is 12.5 Å². The lowest BCUT2D eigenvalue weighted by Gasteiger charge is -2.13. The molecule has 0 aliphatic carbocycles. The Morgan fingerprint density at radius 3 is 2.59 bits per heavy atom. The van der Waals surface area contributed by atoms with Gasteiger partial charge in [0.25, 0.3) is 0 Å². The molecule has 0 radical (unpaired) electrons. The van der Waals surface area contributed by atoms with E-state index in [1.54, 1.807) is 24.7 Å².